The number of amides is 1. The summed E-state index contributed by atoms with van der Waals surface area (Å²) in [6.07, 6.45) is 5.41. The number of imidazole rings is 1. The molecule has 1 aliphatic heterocycles. The van der Waals surface area contributed by atoms with E-state index < -0.39 is 6.04 Å². The van der Waals surface area contributed by atoms with Crippen molar-refractivity contribution in [2.24, 2.45) is 0 Å². The van der Waals surface area contributed by atoms with Gasteiger partial charge in [0.15, 0.2) is 0 Å². The van der Waals surface area contributed by atoms with Gasteiger partial charge in [-0.1, -0.05) is 18.2 Å². The van der Waals surface area contributed by atoms with Crippen molar-refractivity contribution in [3.8, 4) is 0 Å². The van der Waals surface area contributed by atoms with Crippen molar-refractivity contribution < 1.29 is 9.18 Å². The predicted molar refractivity (Wildman–Crippen MR) is 77.3 cm³/mol. The molecule has 110 valence electrons. The number of hydrogen-bond donors (Lipinski definition) is 0. The second-order valence-electron chi connectivity index (χ2n) is 5.42. The van der Waals surface area contributed by atoms with Crippen LogP contribution in [0.15, 0.2) is 36.8 Å². The molecule has 1 fully saturated rings. The highest BCUT2D eigenvalue weighted by Gasteiger charge is 2.30. The number of benzene rings is 1. The monoisotopic (exact) mass is 287 g/mol. The number of nitrogens with zero attached hydrogens (tertiary/aromatic N) is 3. The van der Waals surface area contributed by atoms with Crippen molar-refractivity contribution in [1.29, 1.82) is 0 Å². The molecule has 1 aromatic carbocycles. The van der Waals surface area contributed by atoms with Crippen molar-refractivity contribution in [1.82, 2.24) is 14.5 Å². The zero-order valence-corrected chi connectivity index (χ0v) is 12.0. The summed E-state index contributed by atoms with van der Waals surface area (Å²) in [5, 5.41) is 0. The topological polar surface area (TPSA) is 38.1 Å². The molecular formula is C16H18FN3O. The molecular weight excluding hydrogens is 269 g/mol. The first-order valence-corrected chi connectivity index (χ1v) is 7.20. The fraction of sp³-hybridized carbons (Fsp3) is 0.375. The minimum Gasteiger partial charge on any atom is -0.341 e. The number of carbonyl (C=O) groups excluding carboxylic acids is 1. The molecule has 0 aliphatic carbocycles. The normalized spacial score (nSPS) is 16.2. The Morgan fingerprint density at radius 3 is 2.62 bits per heavy atom. The molecule has 1 unspecified atom stereocenters. The number of aryl methyl sites for hydroxylation is 1. The Kier molecular flexibility index (Phi) is 3.73. The van der Waals surface area contributed by atoms with Crippen molar-refractivity contribution in [3.05, 3.63) is 53.9 Å². The fourth-order valence-corrected chi connectivity index (χ4v) is 2.81. The van der Waals surface area contributed by atoms with E-state index in [9.17, 15) is 9.18 Å². The molecule has 5 heteroatoms. The third kappa shape index (κ3) is 2.68. The Bertz CT molecular complexity index is 646. The van der Waals surface area contributed by atoms with E-state index >= 15 is 0 Å². The van der Waals surface area contributed by atoms with Crippen LogP contribution in [0.25, 0.3) is 0 Å². The summed E-state index contributed by atoms with van der Waals surface area (Å²) < 4.78 is 15.9. The Morgan fingerprint density at radius 1 is 1.29 bits per heavy atom. The lowest BCUT2D eigenvalue weighted by atomic mass is 10.0. The highest BCUT2D eigenvalue weighted by atomic mass is 19.1. The Hall–Kier alpha value is -2.17. The minimum atomic E-state index is -0.675. The zero-order valence-electron chi connectivity index (χ0n) is 12.0. The van der Waals surface area contributed by atoms with E-state index in [0.29, 0.717) is 5.56 Å². The van der Waals surface area contributed by atoms with Gasteiger partial charge in [0, 0.05) is 24.8 Å². The van der Waals surface area contributed by atoms with E-state index in [4.69, 9.17) is 0 Å². The van der Waals surface area contributed by atoms with Gasteiger partial charge in [-0.3, -0.25) is 4.79 Å². The van der Waals surface area contributed by atoms with Crippen molar-refractivity contribution >= 4 is 5.91 Å². The van der Waals surface area contributed by atoms with Crippen LogP contribution in [0.3, 0.4) is 0 Å². The first-order valence-electron chi connectivity index (χ1n) is 7.20. The van der Waals surface area contributed by atoms with Gasteiger partial charge < -0.3 is 9.47 Å². The summed E-state index contributed by atoms with van der Waals surface area (Å²) in [6, 6.07) is 5.78. The zero-order chi connectivity index (χ0) is 14.8. The lowest BCUT2D eigenvalue weighted by Gasteiger charge is -2.24. The van der Waals surface area contributed by atoms with Gasteiger partial charge in [-0.2, -0.15) is 0 Å². The molecule has 4 nitrogen and oxygen atoms in total. The summed E-state index contributed by atoms with van der Waals surface area (Å²) in [4.78, 5) is 18.8. The average Bonchev–Trinajstić information content (AvgIpc) is 3.13. The van der Waals surface area contributed by atoms with E-state index in [1.807, 2.05) is 11.8 Å². The lowest BCUT2D eigenvalue weighted by Crippen LogP contribution is -2.36. The Morgan fingerprint density at radius 2 is 2.00 bits per heavy atom. The summed E-state index contributed by atoms with van der Waals surface area (Å²) >= 11 is 0. The van der Waals surface area contributed by atoms with Gasteiger partial charge in [-0.25, -0.2) is 9.37 Å². The van der Waals surface area contributed by atoms with Gasteiger partial charge in [0.25, 0.3) is 0 Å². The van der Waals surface area contributed by atoms with E-state index in [-0.39, 0.29) is 11.7 Å². The number of rotatable bonds is 3. The summed E-state index contributed by atoms with van der Waals surface area (Å²) in [6.45, 7) is 3.35. The van der Waals surface area contributed by atoms with Crippen LogP contribution >= 0.6 is 0 Å². The van der Waals surface area contributed by atoms with Crippen LogP contribution in [0.4, 0.5) is 4.39 Å². The van der Waals surface area contributed by atoms with Gasteiger partial charge in [0.05, 0.1) is 12.0 Å². The third-order valence-corrected chi connectivity index (χ3v) is 3.88. The van der Waals surface area contributed by atoms with Crippen molar-refractivity contribution in [2.45, 2.75) is 25.8 Å². The molecule has 0 N–H and O–H groups in total. The van der Waals surface area contributed by atoms with E-state index in [1.54, 1.807) is 35.3 Å². The molecule has 21 heavy (non-hydrogen) atoms. The molecule has 1 aliphatic rings. The minimum absolute atomic E-state index is 0.0602. The van der Waals surface area contributed by atoms with Crippen LogP contribution in [-0.2, 0) is 4.79 Å². The summed E-state index contributed by atoms with van der Waals surface area (Å²) in [5.74, 6) is -0.420. The van der Waals surface area contributed by atoms with Crippen molar-refractivity contribution in [2.75, 3.05) is 13.1 Å². The van der Waals surface area contributed by atoms with E-state index in [0.717, 1.165) is 31.6 Å². The molecule has 0 radical (unpaired) electrons. The number of halogens is 1. The molecule has 2 aromatic rings. The maximum Gasteiger partial charge on any atom is 0.250 e. The lowest BCUT2D eigenvalue weighted by molar-refractivity contribution is -0.132. The second-order valence-corrected chi connectivity index (χ2v) is 5.42. The van der Waals surface area contributed by atoms with Gasteiger partial charge in [-0.05, 0) is 25.8 Å². The summed E-state index contributed by atoms with van der Waals surface area (Å²) in [5.41, 5.74) is 1.21. The molecule has 1 amide bonds. The predicted octanol–water partition coefficient (Wildman–Crippen LogP) is 2.54. The van der Waals surface area contributed by atoms with Crippen LogP contribution < -0.4 is 0 Å². The first kappa shape index (κ1) is 13.8. The van der Waals surface area contributed by atoms with Crippen molar-refractivity contribution in [3.63, 3.8) is 0 Å². The number of aromatic nitrogens is 2. The van der Waals surface area contributed by atoms with Crippen LogP contribution in [0.2, 0.25) is 0 Å². The number of likely N-dealkylation sites (tertiary alicyclic amines) is 1. The molecule has 3 rings (SSSR count). The van der Waals surface area contributed by atoms with Crippen LogP contribution in [0, 0.1) is 12.7 Å². The van der Waals surface area contributed by atoms with E-state index in [2.05, 4.69) is 4.98 Å². The van der Waals surface area contributed by atoms with Gasteiger partial charge in [0.2, 0.25) is 5.91 Å². The largest absolute Gasteiger partial charge is 0.341 e. The fourth-order valence-electron chi connectivity index (χ4n) is 2.81. The standard InChI is InChI=1S/C16H18FN3O/c1-12-10-20(11-18-12)15(13-6-2-3-7-14(13)17)16(21)19-8-4-5-9-19/h2-3,6-7,10-11,15H,4-5,8-9H2,1H3. The van der Waals surface area contributed by atoms with E-state index in [1.165, 1.54) is 6.07 Å². The molecule has 0 spiro atoms. The highest BCUT2D eigenvalue weighted by molar-refractivity contribution is 5.84. The Labute approximate surface area is 123 Å². The highest BCUT2D eigenvalue weighted by Crippen LogP contribution is 2.25. The maximum absolute atomic E-state index is 14.2. The molecule has 0 bridgehead atoms. The maximum atomic E-state index is 14.2. The quantitative estimate of drug-likeness (QED) is 0.870. The molecule has 1 aromatic heterocycles. The third-order valence-electron chi connectivity index (χ3n) is 3.88. The molecule has 2 heterocycles. The molecule has 1 saturated heterocycles. The van der Waals surface area contributed by atoms with Gasteiger partial charge >= 0.3 is 0 Å². The molecule has 1 atom stereocenters. The average molecular weight is 287 g/mol. The first-order chi connectivity index (χ1) is 10.2. The Balaban J connectivity index is 2.02. The smallest absolute Gasteiger partial charge is 0.250 e. The van der Waals surface area contributed by atoms with Gasteiger partial charge in [0.1, 0.15) is 11.9 Å². The van der Waals surface area contributed by atoms with Crippen LogP contribution in [0.5, 0.6) is 0 Å². The van der Waals surface area contributed by atoms with Gasteiger partial charge in [-0.15, -0.1) is 0 Å². The molecule has 0 saturated carbocycles. The number of carbonyl (C=O) groups is 1. The van der Waals surface area contributed by atoms with Crippen LogP contribution in [-0.4, -0.2) is 33.4 Å². The van der Waals surface area contributed by atoms with Crippen LogP contribution in [0.1, 0.15) is 30.1 Å². The number of hydrogen-bond acceptors (Lipinski definition) is 2. The SMILES string of the molecule is Cc1cn(C(C(=O)N2CCCC2)c2ccccc2F)cn1. The summed E-state index contributed by atoms with van der Waals surface area (Å²) in [7, 11) is 0. The second kappa shape index (κ2) is 5.68.